The minimum Gasteiger partial charge on any atom is -0.294 e. The zero-order valence-corrected chi connectivity index (χ0v) is 10.2. The van der Waals surface area contributed by atoms with E-state index in [0.29, 0.717) is 0 Å². The molecule has 2 heterocycles. The zero-order valence-electron chi connectivity index (χ0n) is 10.2. The summed E-state index contributed by atoms with van der Waals surface area (Å²) in [4.78, 5) is 0. The molecule has 0 fully saturated rings. The number of hydrogen-bond acceptors (Lipinski definition) is 1. The maximum atomic E-state index is 14.7. The van der Waals surface area contributed by atoms with E-state index in [1.807, 2.05) is 42.5 Å². The first-order valence-corrected chi connectivity index (χ1v) is 6.32. The van der Waals surface area contributed by atoms with E-state index in [4.69, 9.17) is 0 Å². The van der Waals surface area contributed by atoms with Gasteiger partial charge in [-0.3, -0.25) is 5.32 Å². The fourth-order valence-corrected chi connectivity index (χ4v) is 3.52. The highest BCUT2D eigenvalue weighted by Gasteiger charge is 2.49. The summed E-state index contributed by atoms with van der Waals surface area (Å²) in [5, 5.41) is 3.46. The molecular weight excluding hydrogens is 225 g/mol. The first-order valence-electron chi connectivity index (χ1n) is 6.32. The van der Waals surface area contributed by atoms with Crippen molar-refractivity contribution in [1.29, 1.82) is 0 Å². The predicted octanol–water partition coefficient (Wildman–Crippen LogP) is 3.62. The van der Waals surface area contributed by atoms with Gasteiger partial charge in [-0.2, -0.15) is 0 Å². The lowest BCUT2D eigenvalue weighted by molar-refractivity contribution is 0.216. The van der Waals surface area contributed by atoms with Crippen molar-refractivity contribution in [1.82, 2.24) is 5.32 Å². The maximum absolute atomic E-state index is 14.7. The van der Waals surface area contributed by atoms with Crippen LogP contribution in [0.2, 0.25) is 0 Å². The van der Waals surface area contributed by atoms with Gasteiger partial charge in [-0.25, -0.2) is 4.39 Å². The van der Waals surface area contributed by atoms with Crippen LogP contribution < -0.4 is 5.32 Å². The van der Waals surface area contributed by atoms with Crippen LogP contribution in [0, 0.1) is 0 Å². The van der Waals surface area contributed by atoms with Gasteiger partial charge in [0.15, 0.2) is 0 Å². The van der Waals surface area contributed by atoms with Crippen molar-refractivity contribution in [2.24, 2.45) is 0 Å². The van der Waals surface area contributed by atoms with Crippen molar-refractivity contribution in [2.75, 3.05) is 0 Å². The number of fused-ring (bicyclic) bond motifs is 7. The Labute approximate surface area is 106 Å². The van der Waals surface area contributed by atoms with Gasteiger partial charge in [0.2, 0.25) is 0 Å². The van der Waals surface area contributed by atoms with E-state index in [2.05, 4.69) is 18.3 Å². The van der Waals surface area contributed by atoms with Crippen molar-refractivity contribution in [2.45, 2.75) is 24.7 Å². The molecule has 18 heavy (non-hydrogen) atoms. The van der Waals surface area contributed by atoms with Crippen LogP contribution in [0.5, 0.6) is 0 Å². The number of rotatable bonds is 0. The Kier molecular flexibility index (Phi) is 1.83. The van der Waals surface area contributed by atoms with Crippen molar-refractivity contribution in [3.63, 3.8) is 0 Å². The molecule has 0 aromatic heterocycles. The van der Waals surface area contributed by atoms with Crippen LogP contribution in [0.4, 0.5) is 4.39 Å². The zero-order chi connectivity index (χ0) is 12.3. The second kappa shape index (κ2) is 3.21. The molecule has 2 aliphatic rings. The molecule has 2 aromatic rings. The van der Waals surface area contributed by atoms with Crippen LogP contribution in [0.1, 0.15) is 41.4 Å². The highest BCUT2D eigenvalue weighted by Crippen LogP contribution is 2.53. The monoisotopic (exact) mass is 239 g/mol. The molecular formula is C16H14FN. The topological polar surface area (TPSA) is 12.0 Å². The molecule has 2 aromatic carbocycles. The highest BCUT2D eigenvalue weighted by atomic mass is 19.1. The van der Waals surface area contributed by atoms with Crippen LogP contribution in [0.15, 0.2) is 48.5 Å². The summed E-state index contributed by atoms with van der Waals surface area (Å²) in [5.41, 5.74) is 3.96. The van der Waals surface area contributed by atoms with E-state index in [0.717, 1.165) is 16.7 Å². The maximum Gasteiger partial charge on any atom is 0.145 e. The van der Waals surface area contributed by atoms with Crippen molar-refractivity contribution in [3.05, 3.63) is 70.8 Å². The number of nitrogens with one attached hydrogen (secondary N) is 1. The van der Waals surface area contributed by atoms with Gasteiger partial charge < -0.3 is 0 Å². The van der Waals surface area contributed by atoms with Gasteiger partial charge in [0.05, 0.1) is 11.6 Å². The molecule has 0 saturated carbocycles. The van der Waals surface area contributed by atoms with Crippen molar-refractivity contribution >= 4 is 0 Å². The molecule has 1 nitrogen and oxygen atoms in total. The third-order valence-electron chi connectivity index (χ3n) is 4.37. The van der Waals surface area contributed by atoms with Gasteiger partial charge in [-0.1, -0.05) is 48.5 Å². The Morgan fingerprint density at radius 1 is 0.944 bits per heavy atom. The third-order valence-corrected chi connectivity index (χ3v) is 4.37. The first-order chi connectivity index (χ1) is 8.72. The second-order valence-corrected chi connectivity index (χ2v) is 5.32. The molecule has 0 radical (unpaired) electrons. The fraction of sp³-hybridized carbons (Fsp3) is 0.250. The summed E-state index contributed by atoms with van der Waals surface area (Å²) in [6, 6.07) is 15.8. The number of hydrogen-bond donors (Lipinski definition) is 1. The number of halogens is 1. The van der Waals surface area contributed by atoms with Gasteiger partial charge in [0.1, 0.15) is 6.17 Å². The molecule has 4 rings (SSSR count). The van der Waals surface area contributed by atoms with Gasteiger partial charge in [-0.05, 0) is 29.2 Å². The molecule has 2 aliphatic heterocycles. The summed E-state index contributed by atoms with van der Waals surface area (Å²) in [5.74, 6) is 0. The second-order valence-electron chi connectivity index (χ2n) is 5.32. The Morgan fingerprint density at radius 2 is 1.50 bits per heavy atom. The molecule has 2 unspecified atom stereocenters. The van der Waals surface area contributed by atoms with Gasteiger partial charge in [-0.15, -0.1) is 0 Å². The molecule has 0 saturated heterocycles. The van der Waals surface area contributed by atoms with E-state index in [9.17, 15) is 4.39 Å². The Hall–Kier alpha value is -1.67. The number of benzene rings is 2. The summed E-state index contributed by atoms with van der Waals surface area (Å²) in [6.45, 7) is 2.15. The van der Waals surface area contributed by atoms with Crippen LogP contribution >= 0.6 is 0 Å². The Balaban J connectivity index is 2.08. The van der Waals surface area contributed by atoms with E-state index >= 15 is 0 Å². The first kappa shape index (κ1) is 10.3. The van der Waals surface area contributed by atoms with E-state index in [1.54, 1.807) is 0 Å². The molecule has 3 atom stereocenters. The minimum absolute atomic E-state index is 0.207. The molecule has 2 heteroatoms. The smallest absolute Gasteiger partial charge is 0.145 e. The van der Waals surface area contributed by atoms with Crippen LogP contribution in [-0.2, 0) is 5.54 Å². The molecule has 0 amide bonds. The molecule has 2 bridgehead atoms. The summed E-state index contributed by atoms with van der Waals surface area (Å²) < 4.78 is 14.7. The summed E-state index contributed by atoms with van der Waals surface area (Å²) in [6.07, 6.45) is -0.960. The fourth-order valence-electron chi connectivity index (χ4n) is 3.52. The van der Waals surface area contributed by atoms with E-state index < -0.39 is 6.17 Å². The molecule has 0 spiro atoms. The van der Waals surface area contributed by atoms with Crippen molar-refractivity contribution in [3.8, 4) is 0 Å². The molecule has 1 N–H and O–H groups in total. The largest absolute Gasteiger partial charge is 0.294 e. The highest BCUT2D eigenvalue weighted by molar-refractivity contribution is 5.55. The lowest BCUT2D eigenvalue weighted by atomic mass is 9.82. The van der Waals surface area contributed by atoms with E-state index in [1.165, 1.54) is 5.56 Å². The summed E-state index contributed by atoms with van der Waals surface area (Å²) in [7, 11) is 0. The van der Waals surface area contributed by atoms with Crippen molar-refractivity contribution < 1.29 is 4.39 Å². The quantitative estimate of drug-likeness (QED) is 0.740. The van der Waals surface area contributed by atoms with Gasteiger partial charge >= 0.3 is 0 Å². The minimum atomic E-state index is -0.960. The Morgan fingerprint density at radius 3 is 2.22 bits per heavy atom. The number of alkyl halides is 1. The lowest BCUT2D eigenvalue weighted by Crippen LogP contribution is -2.42. The van der Waals surface area contributed by atoms with Crippen LogP contribution in [0.25, 0.3) is 0 Å². The lowest BCUT2D eigenvalue weighted by Gasteiger charge is -2.36. The molecule has 90 valence electrons. The van der Waals surface area contributed by atoms with E-state index in [-0.39, 0.29) is 11.6 Å². The normalized spacial score (nSPS) is 31.9. The average molecular weight is 239 g/mol. The average Bonchev–Trinajstić information content (AvgIpc) is 2.70. The molecule has 0 aliphatic carbocycles. The van der Waals surface area contributed by atoms with Gasteiger partial charge in [0.25, 0.3) is 0 Å². The SMILES string of the molecule is CC12NC(c3ccccc31)[C@@H](F)c1ccccc12. The van der Waals surface area contributed by atoms with Crippen LogP contribution in [0.3, 0.4) is 0 Å². The van der Waals surface area contributed by atoms with Gasteiger partial charge in [0, 0.05) is 0 Å². The third kappa shape index (κ3) is 1.05. The Bertz CT molecular complexity index is 636. The standard InChI is InChI=1S/C16H14FN/c1-16-12-8-4-2-6-10(12)14(17)15(18-16)11-7-3-5-9-13(11)16/h2-9,14-15,18H,1H3/t14-,15?,16?/m0/s1. The summed E-state index contributed by atoms with van der Waals surface area (Å²) >= 11 is 0. The predicted molar refractivity (Wildman–Crippen MR) is 69.1 cm³/mol. The van der Waals surface area contributed by atoms with Crippen LogP contribution in [-0.4, -0.2) is 0 Å².